The van der Waals surface area contributed by atoms with E-state index in [0.29, 0.717) is 17.0 Å². The van der Waals surface area contributed by atoms with E-state index in [2.05, 4.69) is 62.6 Å². The van der Waals surface area contributed by atoms with E-state index in [9.17, 15) is 0 Å². The van der Waals surface area contributed by atoms with Crippen LogP contribution < -0.4 is 16.0 Å². The molecule has 0 amide bonds. The van der Waals surface area contributed by atoms with Crippen LogP contribution in [-0.2, 0) is 0 Å². The second-order valence-corrected chi connectivity index (χ2v) is 8.37. The molecule has 0 spiro atoms. The van der Waals surface area contributed by atoms with Crippen molar-refractivity contribution in [3.05, 3.63) is 66.3 Å². The Morgan fingerprint density at radius 1 is 1.19 bits per heavy atom. The van der Waals surface area contributed by atoms with Gasteiger partial charge in [0, 0.05) is 43.1 Å². The maximum atomic E-state index is 6.06. The lowest BCUT2D eigenvalue weighted by Gasteiger charge is -2.45. The molecule has 0 aliphatic carbocycles. The molecule has 8 heteroatoms. The lowest BCUT2D eigenvalue weighted by Crippen LogP contribution is -2.55. The van der Waals surface area contributed by atoms with E-state index in [1.54, 1.807) is 12.3 Å². The van der Waals surface area contributed by atoms with Gasteiger partial charge in [-0.2, -0.15) is 0 Å². The Labute approximate surface area is 195 Å². The minimum absolute atomic E-state index is 0.277. The molecule has 3 N–H and O–H groups in total. The minimum Gasteiger partial charge on any atom is -0.352 e. The topological polar surface area (TPSA) is 83.2 Å². The SMILES string of the molecule is C=C(Nc1cccc2ncccc12)N1CCN(c2nccc(Cl)n2)CC1C(C)C.CCN. The van der Waals surface area contributed by atoms with Gasteiger partial charge in [-0.3, -0.25) is 4.98 Å². The zero-order valence-electron chi connectivity index (χ0n) is 19.0. The average molecular weight is 454 g/mol. The van der Waals surface area contributed by atoms with Gasteiger partial charge in [0.1, 0.15) is 5.15 Å². The Bertz CT molecular complexity index is 1030. The van der Waals surface area contributed by atoms with E-state index in [-0.39, 0.29) is 6.04 Å². The quantitative estimate of drug-likeness (QED) is 0.555. The van der Waals surface area contributed by atoms with Gasteiger partial charge in [-0.25, -0.2) is 9.97 Å². The Morgan fingerprint density at radius 2 is 1.97 bits per heavy atom. The van der Waals surface area contributed by atoms with Crippen LogP contribution in [0.2, 0.25) is 5.15 Å². The maximum absolute atomic E-state index is 6.06. The highest BCUT2D eigenvalue weighted by atomic mass is 35.5. The molecule has 0 bridgehead atoms. The van der Waals surface area contributed by atoms with Gasteiger partial charge in [0.05, 0.1) is 17.4 Å². The van der Waals surface area contributed by atoms with Crippen molar-refractivity contribution in [3.63, 3.8) is 0 Å². The molecule has 32 heavy (non-hydrogen) atoms. The first-order valence-corrected chi connectivity index (χ1v) is 11.3. The van der Waals surface area contributed by atoms with E-state index < -0.39 is 0 Å². The van der Waals surface area contributed by atoms with Gasteiger partial charge >= 0.3 is 0 Å². The highest BCUT2D eigenvalue weighted by molar-refractivity contribution is 6.29. The Kier molecular flexibility index (Phi) is 8.25. The number of hydrogen-bond donors (Lipinski definition) is 2. The molecule has 1 fully saturated rings. The number of fused-ring (bicyclic) bond motifs is 1. The third-order valence-corrected chi connectivity index (χ3v) is 5.56. The van der Waals surface area contributed by atoms with Crippen molar-refractivity contribution in [3.8, 4) is 0 Å². The van der Waals surface area contributed by atoms with Crippen molar-refractivity contribution in [1.82, 2.24) is 19.9 Å². The molecule has 1 aliphatic rings. The van der Waals surface area contributed by atoms with Crippen molar-refractivity contribution >= 4 is 34.1 Å². The van der Waals surface area contributed by atoms with Crippen LogP contribution >= 0.6 is 11.6 Å². The zero-order chi connectivity index (χ0) is 23.1. The number of rotatable bonds is 5. The molecule has 1 saturated heterocycles. The second-order valence-electron chi connectivity index (χ2n) is 7.99. The third-order valence-electron chi connectivity index (χ3n) is 5.35. The second kappa shape index (κ2) is 11.1. The standard InChI is InChI=1S/C22H25ClN6.C2H7N/c1-15(2)20-14-28(22-25-11-9-21(23)27-22)12-13-29(20)16(3)26-19-8-4-7-18-17(19)6-5-10-24-18;1-2-3/h4-11,15,20,26H,3,12-14H2,1-2H3;2-3H2,1H3. The molecule has 1 unspecified atom stereocenters. The summed E-state index contributed by atoms with van der Waals surface area (Å²) in [5, 5.41) is 5.08. The molecule has 7 nitrogen and oxygen atoms in total. The molecular weight excluding hydrogens is 422 g/mol. The third kappa shape index (κ3) is 5.66. The fraction of sp³-hybridized carbons (Fsp3) is 0.375. The fourth-order valence-electron chi connectivity index (χ4n) is 3.82. The Hall–Kier alpha value is -2.90. The van der Waals surface area contributed by atoms with Crippen molar-refractivity contribution in [1.29, 1.82) is 0 Å². The van der Waals surface area contributed by atoms with E-state index in [0.717, 1.165) is 48.6 Å². The smallest absolute Gasteiger partial charge is 0.226 e. The summed E-state index contributed by atoms with van der Waals surface area (Å²) >= 11 is 6.06. The van der Waals surface area contributed by atoms with Gasteiger partial charge in [0.15, 0.2) is 0 Å². The van der Waals surface area contributed by atoms with Crippen LogP contribution in [-0.4, -0.2) is 52.1 Å². The fourth-order valence-corrected chi connectivity index (χ4v) is 3.95. The van der Waals surface area contributed by atoms with Gasteiger partial charge < -0.3 is 20.9 Å². The summed E-state index contributed by atoms with van der Waals surface area (Å²) in [7, 11) is 0. The van der Waals surface area contributed by atoms with Crippen LogP contribution in [0, 0.1) is 5.92 Å². The molecule has 3 aromatic rings. The number of benzene rings is 1. The van der Waals surface area contributed by atoms with E-state index >= 15 is 0 Å². The van der Waals surface area contributed by atoms with Gasteiger partial charge in [-0.05, 0) is 42.8 Å². The van der Waals surface area contributed by atoms with Gasteiger partial charge in [0.25, 0.3) is 0 Å². The first-order chi connectivity index (χ1) is 15.4. The van der Waals surface area contributed by atoms with Crippen LogP contribution in [0.5, 0.6) is 0 Å². The average Bonchev–Trinajstić information content (AvgIpc) is 2.79. The molecule has 1 aliphatic heterocycles. The number of nitrogens with zero attached hydrogens (tertiary/aromatic N) is 5. The summed E-state index contributed by atoms with van der Waals surface area (Å²) in [6.07, 6.45) is 3.52. The normalized spacial score (nSPS) is 16.0. The summed E-state index contributed by atoms with van der Waals surface area (Å²) in [6, 6.07) is 12.1. The molecule has 2 aromatic heterocycles. The molecule has 4 rings (SSSR count). The number of piperazine rings is 1. The summed E-state index contributed by atoms with van der Waals surface area (Å²) in [5.74, 6) is 2.01. The predicted molar refractivity (Wildman–Crippen MR) is 134 cm³/mol. The summed E-state index contributed by atoms with van der Waals surface area (Å²) in [6.45, 7) is 13.9. The first kappa shape index (κ1) is 23.8. The van der Waals surface area contributed by atoms with Crippen LogP contribution in [0.25, 0.3) is 10.9 Å². The van der Waals surface area contributed by atoms with Gasteiger partial charge in [-0.15, -0.1) is 0 Å². The van der Waals surface area contributed by atoms with Crippen LogP contribution in [0.15, 0.2) is 61.2 Å². The number of pyridine rings is 1. The lowest BCUT2D eigenvalue weighted by atomic mass is 9.99. The lowest BCUT2D eigenvalue weighted by molar-refractivity contribution is 0.183. The zero-order valence-corrected chi connectivity index (χ0v) is 19.8. The molecule has 1 aromatic carbocycles. The number of nitrogens with one attached hydrogen (secondary N) is 1. The predicted octanol–water partition coefficient (Wildman–Crippen LogP) is 4.37. The van der Waals surface area contributed by atoms with E-state index in [4.69, 9.17) is 17.3 Å². The summed E-state index contributed by atoms with van der Waals surface area (Å²) in [5.41, 5.74) is 6.83. The van der Waals surface area contributed by atoms with Crippen molar-refractivity contribution < 1.29 is 0 Å². The molecule has 3 heterocycles. The molecule has 0 radical (unpaired) electrons. The van der Waals surface area contributed by atoms with Gasteiger partial charge in [-0.1, -0.05) is 45.0 Å². The minimum atomic E-state index is 0.277. The Morgan fingerprint density at radius 3 is 2.69 bits per heavy atom. The number of hydrogen-bond acceptors (Lipinski definition) is 7. The number of halogens is 1. The highest BCUT2D eigenvalue weighted by Crippen LogP contribution is 2.27. The first-order valence-electron chi connectivity index (χ1n) is 10.9. The van der Waals surface area contributed by atoms with Crippen molar-refractivity contribution in [2.45, 2.75) is 26.8 Å². The van der Waals surface area contributed by atoms with Gasteiger partial charge in [0.2, 0.25) is 5.95 Å². The maximum Gasteiger partial charge on any atom is 0.226 e. The number of aromatic nitrogens is 3. The van der Waals surface area contributed by atoms with Crippen molar-refractivity contribution in [2.75, 3.05) is 36.4 Å². The summed E-state index contributed by atoms with van der Waals surface area (Å²) in [4.78, 5) is 17.8. The largest absolute Gasteiger partial charge is 0.352 e. The Balaban J connectivity index is 0.000000913. The molecule has 1 atom stereocenters. The number of nitrogens with two attached hydrogens (primary N) is 1. The monoisotopic (exact) mass is 453 g/mol. The summed E-state index contributed by atoms with van der Waals surface area (Å²) < 4.78 is 0. The van der Waals surface area contributed by atoms with Crippen LogP contribution in [0.4, 0.5) is 11.6 Å². The number of anilines is 2. The van der Waals surface area contributed by atoms with E-state index in [1.165, 1.54) is 0 Å². The highest BCUT2D eigenvalue weighted by Gasteiger charge is 2.31. The molecular formula is C24H32ClN7. The van der Waals surface area contributed by atoms with Crippen LogP contribution in [0.3, 0.4) is 0 Å². The van der Waals surface area contributed by atoms with Crippen LogP contribution in [0.1, 0.15) is 20.8 Å². The van der Waals surface area contributed by atoms with Crippen molar-refractivity contribution in [2.24, 2.45) is 11.7 Å². The molecule has 0 saturated carbocycles. The molecule has 170 valence electrons. The van der Waals surface area contributed by atoms with E-state index in [1.807, 2.05) is 31.3 Å².